The van der Waals surface area contributed by atoms with Crippen molar-refractivity contribution in [2.75, 3.05) is 56.6 Å². The van der Waals surface area contributed by atoms with Gasteiger partial charge in [0.1, 0.15) is 0 Å². The Kier molecular flexibility index (Phi) is 15.3. The number of halogens is 4. The summed E-state index contributed by atoms with van der Waals surface area (Å²) in [6, 6.07) is 0. The molecule has 0 fully saturated rings. The molecule has 146 valence electrons. The van der Waals surface area contributed by atoms with Crippen molar-refractivity contribution in [2.45, 2.75) is 12.6 Å². The predicted molar refractivity (Wildman–Crippen MR) is 97.3 cm³/mol. The van der Waals surface area contributed by atoms with Crippen LogP contribution in [0.2, 0.25) is 0 Å². The van der Waals surface area contributed by atoms with Crippen LogP contribution in [0, 0.1) is 0 Å². The van der Waals surface area contributed by atoms with Gasteiger partial charge in [-0.15, -0.1) is 46.4 Å². The topological polar surface area (TPSA) is 80.3 Å². The van der Waals surface area contributed by atoms with Gasteiger partial charge in [-0.1, -0.05) is 0 Å². The molecule has 0 heterocycles. The quantitative estimate of drug-likeness (QED) is 0.239. The molecule has 0 saturated carbocycles. The van der Waals surface area contributed by atoms with E-state index in [2.05, 4.69) is 0 Å². The van der Waals surface area contributed by atoms with Crippen LogP contribution < -0.4 is 0 Å². The molecular weight excluding hydrogens is 448 g/mol. The van der Waals surface area contributed by atoms with E-state index in [9.17, 15) is 9.13 Å². The van der Waals surface area contributed by atoms with E-state index < -0.39 is 21.1 Å². The van der Waals surface area contributed by atoms with Crippen molar-refractivity contribution in [3.8, 4) is 0 Å². The van der Waals surface area contributed by atoms with Crippen LogP contribution in [0.3, 0.4) is 0 Å². The highest BCUT2D eigenvalue weighted by molar-refractivity contribution is 7.54. The summed E-state index contributed by atoms with van der Waals surface area (Å²) < 4.78 is 50.8. The number of hydrogen-bond donors (Lipinski definition) is 0. The zero-order valence-corrected chi connectivity index (χ0v) is 18.0. The fourth-order valence-electron chi connectivity index (χ4n) is 1.31. The Hall–Kier alpha value is 1.42. The maximum Gasteiger partial charge on any atom is 0.474 e. The van der Waals surface area contributed by atoms with Gasteiger partial charge in [0.25, 0.3) is 0 Å². The van der Waals surface area contributed by atoms with Gasteiger partial charge in [-0.05, 0) is 6.92 Å². The van der Waals surface area contributed by atoms with Gasteiger partial charge in [0.2, 0.25) is 0 Å². The summed E-state index contributed by atoms with van der Waals surface area (Å²) in [5.74, 6) is 0.475. The summed E-state index contributed by atoms with van der Waals surface area (Å²) in [5, 5.41) is 0. The van der Waals surface area contributed by atoms with Crippen LogP contribution in [0.1, 0.15) is 6.92 Å². The maximum absolute atomic E-state index is 12.7. The van der Waals surface area contributed by atoms with Crippen molar-refractivity contribution in [3.63, 3.8) is 0 Å². The normalized spacial score (nSPS) is 14.0. The molecule has 0 aromatic heterocycles. The Morgan fingerprint density at radius 1 is 0.708 bits per heavy atom. The van der Waals surface area contributed by atoms with Gasteiger partial charge < -0.3 is 9.05 Å². The molecule has 1 unspecified atom stereocenters. The van der Waals surface area contributed by atoms with E-state index in [1.807, 2.05) is 0 Å². The Labute approximate surface area is 162 Å². The number of rotatable bonds is 16. The highest BCUT2D eigenvalue weighted by Gasteiger charge is 2.36. The molecule has 0 aromatic carbocycles. The fraction of sp³-hybridized carbons (Fsp3) is 1.00. The lowest BCUT2D eigenvalue weighted by Gasteiger charge is -2.25. The summed E-state index contributed by atoms with van der Waals surface area (Å²) in [6.07, 6.45) is 0. The number of phosphoric acid groups is 1. The Morgan fingerprint density at radius 3 is 1.46 bits per heavy atom. The van der Waals surface area contributed by atoms with Crippen LogP contribution >= 0.6 is 61.8 Å². The zero-order valence-electron chi connectivity index (χ0n) is 13.2. The molecule has 0 aliphatic carbocycles. The van der Waals surface area contributed by atoms with Crippen LogP contribution in [0.4, 0.5) is 0 Å². The van der Waals surface area contributed by atoms with Gasteiger partial charge >= 0.3 is 15.4 Å². The van der Waals surface area contributed by atoms with Crippen LogP contribution in [-0.4, -0.2) is 62.2 Å². The molecule has 0 N–H and O–H groups in total. The van der Waals surface area contributed by atoms with E-state index in [0.717, 1.165) is 0 Å². The first-order valence-electron chi connectivity index (χ1n) is 7.03. The summed E-state index contributed by atoms with van der Waals surface area (Å²) in [7, 11) is -7.44. The average Bonchev–Trinajstić information content (AvgIpc) is 2.59. The monoisotopic (exact) mass is 468 g/mol. The Morgan fingerprint density at radius 2 is 1.08 bits per heavy atom. The van der Waals surface area contributed by atoms with Gasteiger partial charge in [-0.2, -0.15) is 0 Å². The molecule has 0 spiro atoms. The van der Waals surface area contributed by atoms with Crippen LogP contribution in [0.15, 0.2) is 0 Å². The molecule has 7 nitrogen and oxygen atoms in total. The molecule has 0 aliphatic rings. The third kappa shape index (κ3) is 10.5. The Bertz CT molecular complexity index is 392. The summed E-state index contributed by atoms with van der Waals surface area (Å²) in [4.78, 5) is 0. The van der Waals surface area contributed by atoms with Crippen LogP contribution in [-0.2, 0) is 31.7 Å². The van der Waals surface area contributed by atoms with E-state index in [0.29, 0.717) is 0 Å². The molecule has 0 radical (unpaired) electrons. The number of alkyl halides is 4. The third-order valence-corrected chi connectivity index (χ3v) is 6.76. The number of phosphoric ester groups is 1. The van der Waals surface area contributed by atoms with Crippen LogP contribution in [0.25, 0.3) is 0 Å². The fourth-order valence-corrected chi connectivity index (χ4v) is 4.96. The zero-order chi connectivity index (χ0) is 18.5. The van der Waals surface area contributed by atoms with E-state index >= 15 is 0 Å². The number of hydrogen-bond acceptors (Lipinski definition) is 7. The average molecular weight is 470 g/mol. The Balaban J connectivity index is 4.81. The molecule has 1 atom stereocenters. The minimum atomic E-state index is -3.88. The van der Waals surface area contributed by atoms with Crippen molar-refractivity contribution in [2.24, 2.45) is 0 Å². The van der Waals surface area contributed by atoms with Crippen molar-refractivity contribution in [3.05, 3.63) is 0 Å². The molecule has 13 heteroatoms. The first kappa shape index (κ1) is 25.4. The molecule has 0 amide bonds. The van der Waals surface area contributed by atoms with E-state index in [1.54, 1.807) is 6.92 Å². The summed E-state index contributed by atoms with van der Waals surface area (Å²) in [5.41, 5.74) is -0.753. The third-order valence-electron chi connectivity index (χ3n) is 2.36. The van der Waals surface area contributed by atoms with Crippen molar-refractivity contribution in [1.82, 2.24) is 0 Å². The minimum Gasteiger partial charge on any atom is -0.307 e. The molecule has 0 bridgehead atoms. The second-order valence-electron chi connectivity index (χ2n) is 4.22. The summed E-state index contributed by atoms with van der Waals surface area (Å²) in [6.45, 7) is 1.25. The van der Waals surface area contributed by atoms with Crippen LogP contribution in [0.5, 0.6) is 0 Å². The maximum atomic E-state index is 12.7. The second kappa shape index (κ2) is 14.5. The van der Waals surface area contributed by atoms with Crippen molar-refractivity contribution >= 4 is 61.8 Å². The predicted octanol–water partition coefficient (Wildman–Crippen LogP) is 4.71. The van der Waals surface area contributed by atoms with E-state index in [4.69, 9.17) is 69.0 Å². The standard InChI is InChI=1S/C11H22Cl4O7P2/c1-11(23(16,18-6-2-12)19-7-3-13)10-22-24(17,20-8-4-14)21-9-5-15/h11H,2-10H2,1H3. The summed E-state index contributed by atoms with van der Waals surface area (Å²) >= 11 is 22.1. The van der Waals surface area contributed by atoms with Gasteiger partial charge in [0.05, 0.1) is 38.7 Å². The second-order valence-corrected chi connectivity index (χ2v) is 9.88. The molecule has 0 rings (SSSR count). The van der Waals surface area contributed by atoms with Gasteiger partial charge in [-0.3, -0.25) is 18.1 Å². The smallest absolute Gasteiger partial charge is 0.307 e. The first-order chi connectivity index (χ1) is 11.4. The largest absolute Gasteiger partial charge is 0.474 e. The minimum absolute atomic E-state index is 0.0224. The van der Waals surface area contributed by atoms with Gasteiger partial charge in [0, 0.05) is 23.5 Å². The first-order valence-corrected chi connectivity index (χ1v) is 12.2. The van der Waals surface area contributed by atoms with Crippen molar-refractivity contribution in [1.29, 1.82) is 0 Å². The molecular formula is C11H22Cl4O7P2. The lowest BCUT2D eigenvalue weighted by Crippen LogP contribution is -2.18. The van der Waals surface area contributed by atoms with Gasteiger partial charge in [-0.25, -0.2) is 4.57 Å². The van der Waals surface area contributed by atoms with E-state index in [-0.39, 0.29) is 56.6 Å². The molecule has 24 heavy (non-hydrogen) atoms. The lowest BCUT2D eigenvalue weighted by atomic mass is 10.5. The van der Waals surface area contributed by atoms with E-state index in [1.165, 1.54) is 0 Å². The SMILES string of the molecule is CC(COP(=O)(OCCCl)OCCCl)P(=O)(OCCCl)OCCCl. The highest BCUT2D eigenvalue weighted by Crippen LogP contribution is 2.56. The molecule has 0 aliphatic heterocycles. The molecule has 0 aromatic rings. The highest BCUT2D eigenvalue weighted by atomic mass is 35.5. The van der Waals surface area contributed by atoms with Crippen molar-refractivity contribution < 1.29 is 31.7 Å². The van der Waals surface area contributed by atoms with Gasteiger partial charge in [0.15, 0.2) is 0 Å². The lowest BCUT2D eigenvalue weighted by molar-refractivity contribution is 0.119. The molecule has 0 saturated heterocycles.